The monoisotopic (exact) mass is 280 g/mol. The lowest BCUT2D eigenvalue weighted by Gasteiger charge is -2.38. The van der Waals surface area contributed by atoms with Crippen molar-refractivity contribution < 1.29 is 4.79 Å². The summed E-state index contributed by atoms with van der Waals surface area (Å²) in [6, 6.07) is 6.37. The van der Waals surface area contributed by atoms with Crippen molar-refractivity contribution in [1.29, 1.82) is 0 Å². The maximum atomic E-state index is 12.1. The van der Waals surface area contributed by atoms with Crippen LogP contribution >= 0.6 is 11.6 Å². The van der Waals surface area contributed by atoms with Crippen molar-refractivity contribution in [3.8, 4) is 0 Å². The third kappa shape index (κ3) is 3.28. The molecule has 1 saturated heterocycles. The Balaban J connectivity index is 2.36. The molecule has 0 aromatic heterocycles. The van der Waals surface area contributed by atoms with Crippen LogP contribution in [0.5, 0.6) is 0 Å². The number of ketones is 1. The van der Waals surface area contributed by atoms with E-state index in [0.29, 0.717) is 23.5 Å². The molecule has 2 unspecified atom stereocenters. The first-order valence-electron chi connectivity index (χ1n) is 6.85. The number of nitrogens with zero attached hydrogens (tertiary/aromatic N) is 1. The Morgan fingerprint density at radius 3 is 2.58 bits per heavy atom. The van der Waals surface area contributed by atoms with Crippen LogP contribution < -0.4 is 10.2 Å². The molecule has 0 spiro atoms. The summed E-state index contributed by atoms with van der Waals surface area (Å²) in [5.41, 5.74) is 1.76. The molecule has 1 aromatic carbocycles. The van der Waals surface area contributed by atoms with Crippen LogP contribution in [0.2, 0.25) is 5.02 Å². The second kappa shape index (κ2) is 5.93. The number of Topliss-reactive ketones (excluding diaryl/α,β-unsaturated/α-hetero) is 1. The molecular weight excluding hydrogens is 260 g/mol. The molecule has 2 rings (SSSR count). The van der Waals surface area contributed by atoms with Crippen molar-refractivity contribution >= 4 is 23.1 Å². The minimum absolute atomic E-state index is 0.172. The maximum absolute atomic E-state index is 12.1. The molecule has 4 heteroatoms. The first-order chi connectivity index (χ1) is 9.01. The van der Waals surface area contributed by atoms with E-state index in [1.165, 1.54) is 0 Å². The number of benzene rings is 1. The van der Waals surface area contributed by atoms with Gasteiger partial charge in [-0.3, -0.25) is 4.79 Å². The molecule has 0 bridgehead atoms. The standard InChI is InChI=1S/C15H21ClN2O/c1-4-15(19)13-6-5-12(16)7-14(13)18-8-10(2)17-11(3)9-18/h5-7,10-11,17H,4,8-9H2,1-3H3. The third-order valence-electron chi connectivity index (χ3n) is 3.48. The molecule has 1 aliphatic heterocycles. The topological polar surface area (TPSA) is 32.3 Å². The molecule has 1 heterocycles. The van der Waals surface area contributed by atoms with Gasteiger partial charge < -0.3 is 10.2 Å². The lowest BCUT2D eigenvalue weighted by Crippen LogP contribution is -2.54. The van der Waals surface area contributed by atoms with Crippen molar-refractivity contribution in [2.45, 2.75) is 39.3 Å². The first-order valence-corrected chi connectivity index (χ1v) is 7.22. The molecule has 1 aromatic rings. The molecule has 2 atom stereocenters. The molecule has 1 N–H and O–H groups in total. The fraction of sp³-hybridized carbons (Fsp3) is 0.533. The van der Waals surface area contributed by atoms with Crippen LogP contribution in [-0.4, -0.2) is 31.0 Å². The van der Waals surface area contributed by atoms with E-state index in [1.54, 1.807) is 6.07 Å². The molecule has 1 aliphatic rings. The van der Waals surface area contributed by atoms with E-state index in [9.17, 15) is 4.79 Å². The Morgan fingerprint density at radius 2 is 2.00 bits per heavy atom. The number of nitrogens with one attached hydrogen (secondary N) is 1. The molecule has 0 aliphatic carbocycles. The van der Waals surface area contributed by atoms with E-state index in [4.69, 9.17) is 11.6 Å². The fourth-order valence-corrected chi connectivity index (χ4v) is 2.88. The number of rotatable bonds is 3. The van der Waals surface area contributed by atoms with Crippen LogP contribution in [0.25, 0.3) is 0 Å². The number of hydrogen-bond acceptors (Lipinski definition) is 3. The van der Waals surface area contributed by atoms with Gasteiger partial charge in [-0.25, -0.2) is 0 Å². The van der Waals surface area contributed by atoms with Gasteiger partial charge in [0.15, 0.2) is 5.78 Å². The van der Waals surface area contributed by atoms with Crippen molar-refractivity contribution in [2.24, 2.45) is 0 Å². The van der Waals surface area contributed by atoms with Gasteiger partial charge in [-0.15, -0.1) is 0 Å². The van der Waals surface area contributed by atoms with Gasteiger partial charge in [0.05, 0.1) is 0 Å². The van der Waals surface area contributed by atoms with Crippen LogP contribution in [0.1, 0.15) is 37.6 Å². The van der Waals surface area contributed by atoms with Crippen LogP contribution in [0.4, 0.5) is 5.69 Å². The highest BCUT2D eigenvalue weighted by Crippen LogP contribution is 2.27. The van der Waals surface area contributed by atoms with E-state index in [0.717, 1.165) is 24.3 Å². The zero-order chi connectivity index (χ0) is 14.0. The molecule has 104 valence electrons. The van der Waals surface area contributed by atoms with Gasteiger partial charge in [0, 0.05) is 47.9 Å². The van der Waals surface area contributed by atoms with E-state index < -0.39 is 0 Å². The van der Waals surface area contributed by atoms with Crippen molar-refractivity contribution in [3.05, 3.63) is 28.8 Å². The van der Waals surface area contributed by atoms with Gasteiger partial charge in [-0.1, -0.05) is 18.5 Å². The highest BCUT2D eigenvalue weighted by atomic mass is 35.5. The summed E-state index contributed by atoms with van der Waals surface area (Å²) in [5.74, 6) is 0.172. The lowest BCUT2D eigenvalue weighted by molar-refractivity contribution is 0.0988. The van der Waals surface area contributed by atoms with Crippen LogP contribution in [0, 0.1) is 0 Å². The summed E-state index contributed by atoms with van der Waals surface area (Å²) < 4.78 is 0. The SMILES string of the molecule is CCC(=O)c1ccc(Cl)cc1N1CC(C)NC(C)C1. The smallest absolute Gasteiger partial charge is 0.164 e. The Kier molecular flexibility index (Phi) is 4.48. The summed E-state index contributed by atoms with van der Waals surface area (Å²) in [4.78, 5) is 14.3. The second-order valence-corrected chi connectivity index (χ2v) is 5.75. The molecular formula is C15H21ClN2O. The second-order valence-electron chi connectivity index (χ2n) is 5.31. The Morgan fingerprint density at radius 1 is 1.37 bits per heavy atom. The van der Waals surface area contributed by atoms with Crippen LogP contribution in [0.3, 0.4) is 0 Å². The number of anilines is 1. The largest absolute Gasteiger partial charge is 0.368 e. The number of piperazine rings is 1. The summed E-state index contributed by atoms with van der Waals surface area (Å²) >= 11 is 6.10. The third-order valence-corrected chi connectivity index (χ3v) is 3.71. The number of carbonyl (C=O) groups is 1. The highest BCUT2D eigenvalue weighted by Gasteiger charge is 2.24. The number of carbonyl (C=O) groups excluding carboxylic acids is 1. The minimum atomic E-state index is 0.172. The predicted molar refractivity (Wildman–Crippen MR) is 80.3 cm³/mol. The number of hydrogen-bond donors (Lipinski definition) is 1. The highest BCUT2D eigenvalue weighted by molar-refractivity contribution is 6.31. The summed E-state index contributed by atoms with van der Waals surface area (Å²) in [5, 5.41) is 4.18. The van der Waals surface area contributed by atoms with Crippen molar-refractivity contribution in [1.82, 2.24) is 5.32 Å². The zero-order valence-electron chi connectivity index (χ0n) is 11.7. The van der Waals surface area contributed by atoms with Gasteiger partial charge >= 0.3 is 0 Å². The van der Waals surface area contributed by atoms with Crippen LogP contribution in [-0.2, 0) is 0 Å². The molecule has 1 fully saturated rings. The van der Waals surface area contributed by atoms with Gasteiger partial charge in [0.1, 0.15) is 0 Å². The van der Waals surface area contributed by atoms with Gasteiger partial charge in [0.25, 0.3) is 0 Å². The van der Waals surface area contributed by atoms with Gasteiger partial charge in [-0.05, 0) is 32.0 Å². The Hall–Kier alpha value is -1.06. The minimum Gasteiger partial charge on any atom is -0.368 e. The fourth-order valence-electron chi connectivity index (χ4n) is 2.72. The van der Waals surface area contributed by atoms with Gasteiger partial charge in [0.2, 0.25) is 0 Å². The van der Waals surface area contributed by atoms with E-state index in [2.05, 4.69) is 24.1 Å². The molecule has 3 nitrogen and oxygen atoms in total. The van der Waals surface area contributed by atoms with E-state index in [-0.39, 0.29) is 5.78 Å². The quantitative estimate of drug-likeness (QED) is 0.864. The average molecular weight is 281 g/mol. The normalized spacial score (nSPS) is 23.5. The van der Waals surface area contributed by atoms with Crippen molar-refractivity contribution in [2.75, 3.05) is 18.0 Å². The van der Waals surface area contributed by atoms with Gasteiger partial charge in [-0.2, -0.15) is 0 Å². The molecule has 19 heavy (non-hydrogen) atoms. The predicted octanol–water partition coefficient (Wildman–Crippen LogP) is 3.12. The van der Waals surface area contributed by atoms with Crippen LogP contribution in [0.15, 0.2) is 18.2 Å². The zero-order valence-corrected chi connectivity index (χ0v) is 12.5. The van der Waals surface area contributed by atoms with E-state index in [1.807, 2.05) is 19.1 Å². The lowest BCUT2D eigenvalue weighted by atomic mass is 10.0. The Labute approximate surface area is 119 Å². The summed E-state index contributed by atoms with van der Waals surface area (Å²) in [6.45, 7) is 8.01. The molecule has 0 radical (unpaired) electrons. The van der Waals surface area contributed by atoms with E-state index >= 15 is 0 Å². The van der Waals surface area contributed by atoms with Crippen molar-refractivity contribution in [3.63, 3.8) is 0 Å². The average Bonchev–Trinajstić information content (AvgIpc) is 2.36. The molecule has 0 amide bonds. The first kappa shape index (κ1) is 14.4. The maximum Gasteiger partial charge on any atom is 0.164 e. The summed E-state index contributed by atoms with van der Waals surface area (Å²) in [7, 11) is 0. The number of halogens is 1. The summed E-state index contributed by atoms with van der Waals surface area (Å²) in [6.07, 6.45) is 0.520. The molecule has 0 saturated carbocycles. The Bertz CT molecular complexity index is 465.